The van der Waals surface area contributed by atoms with Crippen molar-refractivity contribution in [2.75, 3.05) is 14.2 Å². The van der Waals surface area contributed by atoms with Gasteiger partial charge in [-0.05, 0) is 90.5 Å². The van der Waals surface area contributed by atoms with Crippen molar-refractivity contribution in [3.8, 4) is 45.5 Å². The summed E-state index contributed by atoms with van der Waals surface area (Å²) in [5.41, 5.74) is 11.2. The van der Waals surface area contributed by atoms with Crippen LogP contribution in [0.4, 0.5) is 0 Å². The monoisotopic (exact) mass is 713 g/mol. The highest BCUT2D eigenvalue weighted by atomic mass is 35.5. The fourth-order valence-corrected chi connectivity index (χ4v) is 7.42. The molecule has 2 aliphatic rings. The quantitative estimate of drug-likeness (QED) is 0.117. The molecule has 2 aromatic heterocycles. The number of rotatable bonds is 8. The first-order chi connectivity index (χ1) is 25.3. The van der Waals surface area contributed by atoms with Crippen molar-refractivity contribution >= 4 is 11.6 Å². The minimum atomic E-state index is -0.0162. The number of hydrogen-bond donors (Lipinski definition) is 0. The molecule has 7 nitrogen and oxygen atoms in total. The molecule has 0 spiro atoms. The summed E-state index contributed by atoms with van der Waals surface area (Å²) in [5.74, 6) is 3.20. The van der Waals surface area contributed by atoms with Crippen LogP contribution in [0.2, 0.25) is 5.15 Å². The molecule has 264 valence electrons. The fraction of sp³-hybridized carbons (Fsp3) is 0.227. The zero-order valence-electron chi connectivity index (χ0n) is 29.9. The number of ether oxygens (including phenoxy) is 4. The Morgan fingerprint density at radius 2 is 1.23 bits per heavy atom. The van der Waals surface area contributed by atoms with Crippen LogP contribution in [0.3, 0.4) is 0 Å². The molecule has 6 aromatic rings. The van der Waals surface area contributed by atoms with E-state index in [0.717, 1.165) is 70.3 Å². The summed E-state index contributed by atoms with van der Waals surface area (Å²) in [7, 11) is 3.28. The van der Waals surface area contributed by atoms with Gasteiger partial charge in [-0.25, -0.2) is 0 Å². The Balaban J connectivity index is 0.000000162. The number of halogens is 1. The van der Waals surface area contributed by atoms with Crippen LogP contribution in [0.5, 0.6) is 23.0 Å². The van der Waals surface area contributed by atoms with Crippen LogP contribution in [-0.2, 0) is 39.1 Å². The van der Waals surface area contributed by atoms with Crippen molar-refractivity contribution in [2.45, 2.75) is 53.0 Å². The summed E-state index contributed by atoms with van der Waals surface area (Å²) in [6, 6.07) is 36.2. The van der Waals surface area contributed by atoms with Gasteiger partial charge in [0, 0.05) is 30.2 Å². The highest BCUT2D eigenvalue weighted by molar-refractivity contribution is 6.28. The lowest BCUT2D eigenvalue weighted by Gasteiger charge is -2.25. The third-order valence-corrected chi connectivity index (χ3v) is 10.1. The normalized spacial score (nSPS) is 12.2. The summed E-state index contributed by atoms with van der Waals surface area (Å²) in [6.07, 6.45) is 1.75. The summed E-state index contributed by atoms with van der Waals surface area (Å²) >= 11 is 6.47. The molecule has 0 saturated carbocycles. The maximum atomic E-state index is 12.4. The van der Waals surface area contributed by atoms with Gasteiger partial charge in [-0.15, -0.1) is 0 Å². The third kappa shape index (κ3) is 7.14. The number of aromatic nitrogens is 2. The Bertz CT molecular complexity index is 2290. The average molecular weight is 714 g/mol. The summed E-state index contributed by atoms with van der Waals surface area (Å²) in [6.45, 7) is 6.73. The fourth-order valence-electron chi connectivity index (χ4n) is 7.15. The van der Waals surface area contributed by atoms with E-state index < -0.39 is 0 Å². The van der Waals surface area contributed by atoms with Crippen molar-refractivity contribution in [1.29, 1.82) is 0 Å². The zero-order chi connectivity index (χ0) is 36.2. The molecule has 0 N–H and O–H groups in total. The first-order valence-corrected chi connectivity index (χ1v) is 17.9. The highest BCUT2D eigenvalue weighted by Gasteiger charge is 2.30. The lowest BCUT2D eigenvalue weighted by molar-refractivity contribution is -0.685. The summed E-state index contributed by atoms with van der Waals surface area (Å²) in [4.78, 5) is 12.4. The number of hydrogen-bond acceptors (Lipinski definition) is 5. The SMILES string of the molecule is COc1cc(=O)n2c(c1C)-c1ccc(OCc3ccccc3)cc1CC2.COc1cc(Cl)[n+]2c(c1C)-c1ccc(OCc3ccccc3)cc1CC2. The van der Waals surface area contributed by atoms with Crippen LogP contribution in [-0.4, -0.2) is 18.8 Å². The van der Waals surface area contributed by atoms with E-state index in [1.54, 1.807) is 20.3 Å². The molecule has 4 heterocycles. The van der Waals surface area contributed by atoms with Gasteiger partial charge in [-0.1, -0.05) is 60.7 Å². The molecule has 0 fully saturated rings. The summed E-state index contributed by atoms with van der Waals surface area (Å²) in [5, 5.41) is 0.706. The Kier molecular flexibility index (Phi) is 10.3. The van der Waals surface area contributed by atoms with E-state index >= 15 is 0 Å². The number of fused-ring (bicyclic) bond motifs is 6. The van der Waals surface area contributed by atoms with Crippen LogP contribution < -0.4 is 29.1 Å². The maximum Gasteiger partial charge on any atom is 0.279 e. The molecule has 52 heavy (non-hydrogen) atoms. The van der Waals surface area contributed by atoms with E-state index in [1.165, 1.54) is 22.3 Å². The summed E-state index contributed by atoms with van der Waals surface area (Å²) < 4.78 is 26.8. The number of nitrogens with zero attached hydrogens (tertiary/aromatic N) is 2. The first-order valence-electron chi connectivity index (χ1n) is 17.5. The Hall–Kier alpha value is -5.53. The lowest BCUT2D eigenvalue weighted by atomic mass is 9.94. The van der Waals surface area contributed by atoms with Gasteiger partial charge in [0.15, 0.2) is 6.54 Å². The van der Waals surface area contributed by atoms with Gasteiger partial charge in [-0.3, -0.25) is 4.79 Å². The maximum absolute atomic E-state index is 12.4. The van der Waals surface area contributed by atoms with Crippen LogP contribution in [0.15, 0.2) is 114 Å². The van der Waals surface area contributed by atoms with E-state index in [2.05, 4.69) is 54.0 Å². The Morgan fingerprint density at radius 1 is 0.673 bits per heavy atom. The van der Waals surface area contributed by atoms with Gasteiger partial charge >= 0.3 is 0 Å². The second-order valence-corrected chi connectivity index (χ2v) is 13.4. The van der Waals surface area contributed by atoms with Crippen molar-refractivity contribution in [3.05, 3.63) is 158 Å². The third-order valence-electron chi connectivity index (χ3n) is 9.83. The number of aryl methyl sites for hydroxylation is 2. The second-order valence-electron chi connectivity index (χ2n) is 13.0. The van der Waals surface area contributed by atoms with Gasteiger partial charge in [-0.2, -0.15) is 4.57 Å². The number of benzene rings is 4. The van der Waals surface area contributed by atoms with E-state index in [4.69, 9.17) is 30.5 Å². The Morgan fingerprint density at radius 3 is 1.83 bits per heavy atom. The molecule has 4 aromatic carbocycles. The predicted molar refractivity (Wildman–Crippen MR) is 205 cm³/mol. The largest absolute Gasteiger partial charge is 0.496 e. The molecule has 0 saturated heterocycles. The molecular weight excluding hydrogens is 672 g/mol. The van der Waals surface area contributed by atoms with Crippen molar-refractivity contribution in [2.24, 2.45) is 0 Å². The minimum Gasteiger partial charge on any atom is -0.496 e. The highest BCUT2D eigenvalue weighted by Crippen LogP contribution is 2.37. The topological polar surface area (TPSA) is 62.8 Å². The molecule has 8 heteroatoms. The molecule has 8 rings (SSSR count). The standard InChI is InChI=1S/C22H21ClNO2.C22H21NO3/c1-15-20(25-2)13-21(23)24-11-10-17-12-18(8-9-19(17)22(15)24)26-14-16-6-4-3-5-7-16;1-15-20(25-2)13-21(24)23-11-10-17-12-18(8-9-19(17)22(15)23)26-14-16-6-4-3-5-7-16/h2*3-9,12-13H,10-11,14H2,1-2H3/q+1;. The molecule has 0 aliphatic carbocycles. The molecule has 0 amide bonds. The van der Waals surface area contributed by atoms with Crippen LogP contribution in [0.1, 0.15) is 33.4 Å². The van der Waals surface area contributed by atoms with E-state index in [9.17, 15) is 4.79 Å². The second kappa shape index (κ2) is 15.4. The van der Waals surface area contributed by atoms with Crippen molar-refractivity contribution in [3.63, 3.8) is 0 Å². The Labute approximate surface area is 309 Å². The van der Waals surface area contributed by atoms with E-state index in [-0.39, 0.29) is 5.56 Å². The molecule has 0 bridgehead atoms. The molecule has 2 aliphatic heterocycles. The van der Waals surface area contributed by atoms with Gasteiger partial charge in [0.05, 0.1) is 37.1 Å². The predicted octanol–water partition coefficient (Wildman–Crippen LogP) is 8.71. The van der Waals surface area contributed by atoms with Crippen LogP contribution in [0, 0.1) is 13.8 Å². The molecule has 0 atom stereocenters. The van der Waals surface area contributed by atoms with E-state index in [1.807, 2.05) is 72.2 Å². The zero-order valence-corrected chi connectivity index (χ0v) is 30.7. The van der Waals surface area contributed by atoms with Gasteiger partial charge < -0.3 is 23.5 Å². The molecular formula is C44H42ClN2O5+. The van der Waals surface area contributed by atoms with Crippen LogP contribution in [0.25, 0.3) is 22.5 Å². The smallest absolute Gasteiger partial charge is 0.279 e. The number of pyridine rings is 2. The number of methoxy groups -OCH3 is 2. The lowest BCUT2D eigenvalue weighted by Crippen LogP contribution is -2.42. The molecule has 0 unspecified atom stereocenters. The van der Waals surface area contributed by atoms with Crippen LogP contribution >= 0.6 is 11.6 Å². The minimum absolute atomic E-state index is 0.0162. The van der Waals surface area contributed by atoms with E-state index in [0.29, 0.717) is 30.7 Å². The van der Waals surface area contributed by atoms with Gasteiger partial charge in [0.1, 0.15) is 36.2 Å². The molecule has 0 radical (unpaired) electrons. The van der Waals surface area contributed by atoms with Gasteiger partial charge in [0.25, 0.3) is 10.7 Å². The first kappa shape index (κ1) is 34.9. The van der Waals surface area contributed by atoms with Gasteiger partial charge in [0.2, 0.25) is 5.69 Å². The van der Waals surface area contributed by atoms with Crippen molar-refractivity contribution < 1.29 is 23.5 Å². The van der Waals surface area contributed by atoms with Crippen molar-refractivity contribution in [1.82, 2.24) is 4.57 Å². The average Bonchev–Trinajstić information content (AvgIpc) is 3.19.